The zero-order chi connectivity index (χ0) is 19.8. The molecule has 0 aliphatic carbocycles. The first-order valence-electron chi connectivity index (χ1n) is 9.87. The van der Waals surface area contributed by atoms with Gasteiger partial charge in [-0.05, 0) is 30.5 Å². The zero-order valence-electron chi connectivity index (χ0n) is 17.4. The molecule has 0 heterocycles. The summed E-state index contributed by atoms with van der Waals surface area (Å²) in [4.78, 5) is 0. The van der Waals surface area contributed by atoms with Crippen LogP contribution in [0.2, 0.25) is 0 Å². The average molecular weight is 426 g/mol. The van der Waals surface area contributed by atoms with E-state index in [1.165, 1.54) is 44.1 Å². The van der Waals surface area contributed by atoms with E-state index in [1.807, 2.05) is 12.1 Å². The maximum Gasteiger partial charge on any atom is 1.00 e. The van der Waals surface area contributed by atoms with E-state index in [0.717, 1.165) is 12.2 Å². The Morgan fingerprint density at radius 1 is 0.929 bits per heavy atom. The van der Waals surface area contributed by atoms with Gasteiger partial charge in [0, 0.05) is 0 Å². The van der Waals surface area contributed by atoms with Crippen molar-refractivity contribution in [3.63, 3.8) is 0 Å². The number of aliphatic hydroxyl groups is 2. The molecule has 0 unspecified atom stereocenters. The molecule has 1 N–H and O–H groups in total. The summed E-state index contributed by atoms with van der Waals surface area (Å²) >= 11 is 0. The van der Waals surface area contributed by atoms with Gasteiger partial charge in [0.15, 0.2) is 13.2 Å². The molecule has 8 heteroatoms. The Hall–Kier alpha value is -0.150. The van der Waals surface area contributed by atoms with Crippen molar-refractivity contribution in [2.24, 2.45) is 0 Å². The molecule has 0 bridgehead atoms. The van der Waals surface area contributed by atoms with Crippen LogP contribution in [0.3, 0.4) is 0 Å². The van der Waals surface area contributed by atoms with Crippen molar-refractivity contribution in [2.45, 2.75) is 51.9 Å². The summed E-state index contributed by atoms with van der Waals surface area (Å²) < 4.78 is 46.1. The molecule has 0 aliphatic rings. The molecule has 0 atom stereocenters. The number of ether oxygens (including phenoxy) is 3. The molecule has 0 saturated carbocycles. The summed E-state index contributed by atoms with van der Waals surface area (Å²) in [6, 6.07) is 8.21. The van der Waals surface area contributed by atoms with Crippen molar-refractivity contribution >= 4 is 10.1 Å². The summed E-state index contributed by atoms with van der Waals surface area (Å²) in [5, 5.41) is 0. The second-order valence-electron chi connectivity index (χ2n) is 6.56. The molecule has 28 heavy (non-hydrogen) atoms. The topological polar surface area (TPSA) is 88.5 Å². The molecule has 6 nitrogen and oxygen atoms in total. The molecule has 1 rings (SSSR count). The monoisotopic (exact) mass is 425 g/mol. The van der Waals surface area contributed by atoms with Gasteiger partial charge in [-0.15, -0.1) is 0 Å². The van der Waals surface area contributed by atoms with Crippen LogP contribution in [-0.4, -0.2) is 56.5 Å². The number of hydrogen-bond donors (Lipinski definition) is 0. The maximum absolute atomic E-state index is 10.4. The number of benzene rings is 1. The van der Waals surface area contributed by atoms with Crippen LogP contribution >= 0.6 is 0 Å². The van der Waals surface area contributed by atoms with E-state index in [4.69, 9.17) is 9.47 Å². The third-order valence-corrected chi connectivity index (χ3v) is 4.81. The summed E-state index contributed by atoms with van der Waals surface area (Å²) in [6.07, 6.45) is 8.97. The van der Waals surface area contributed by atoms with Crippen LogP contribution in [0.5, 0.6) is 5.75 Å². The minimum atomic E-state index is -4.17. The van der Waals surface area contributed by atoms with Gasteiger partial charge in [-0.1, -0.05) is 51.2 Å². The van der Waals surface area contributed by atoms with E-state index < -0.39 is 15.9 Å². The minimum Gasteiger partial charge on any atom is -0.748 e. The number of unbranched alkanes of at least 4 members (excludes halogenated alkanes) is 5. The molecule has 156 valence electrons. The van der Waals surface area contributed by atoms with Crippen LogP contribution < -0.4 is 34.3 Å². The Bertz CT molecular complexity index is 577. The van der Waals surface area contributed by atoms with E-state index in [1.54, 1.807) is 0 Å². The molecule has 0 radical (unpaired) electrons. The normalized spacial score (nSPS) is 11.2. The van der Waals surface area contributed by atoms with Gasteiger partial charge < -0.3 is 18.8 Å². The third-order valence-electron chi connectivity index (χ3n) is 4.13. The first-order valence-corrected chi connectivity index (χ1v) is 11.5. The van der Waals surface area contributed by atoms with E-state index in [0.29, 0.717) is 26.4 Å². The molecule has 0 amide bonds. The Morgan fingerprint density at radius 3 is 2.29 bits per heavy atom. The van der Waals surface area contributed by atoms with Gasteiger partial charge in [-0.25, -0.2) is 8.42 Å². The molecule has 0 spiro atoms. The Labute approximate surface area is 192 Å². The molecule has 1 aromatic carbocycles. The number of rotatable bonds is 17. The Balaban J connectivity index is 0.00000729. The van der Waals surface area contributed by atoms with Gasteiger partial charge in [0.25, 0.3) is 0 Å². The molecular weight excluding hydrogens is 391 g/mol. The summed E-state index contributed by atoms with van der Waals surface area (Å²) in [7, 11) is -4.17. The second kappa shape index (κ2) is 17.7. The predicted octanol–water partition coefficient (Wildman–Crippen LogP) is 0.0622. The van der Waals surface area contributed by atoms with Crippen LogP contribution in [0.25, 0.3) is 0 Å². The van der Waals surface area contributed by atoms with Crippen molar-refractivity contribution < 1.29 is 56.7 Å². The molecule has 0 aliphatic heterocycles. The van der Waals surface area contributed by atoms with Crippen LogP contribution in [0.1, 0.15) is 51.0 Å². The predicted molar refractivity (Wildman–Crippen MR) is 106 cm³/mol. The third kappa shape index (κ3) is 16.8. The van der Waals surface area contributed by atoms with Gasteiger partial charge in [0.2, 0.25) is 0 Å². The standard InChI is InChI=1S/C20H34O6S.Na/c1-2-3-4-5-6-7-8-19-9-11-20(12-10-19)26-16-15-24-13-14-25-17-18-27(21,22)23;/h9-12H,2-8,13-18H2,1H3,(H,21,22,23);/q;+1. The molecule has 0 aromatic heterocycles. The fraction of sp³-hybridized carbons (Fsp3) is 0.700. The number of hydrogen-bond acceptors (Lipinski definition) is 5. The van der Waals surface area contributed by atoms with Gasteiger partial charge in [0.1, 0.15) is 34.8 Å². The second-order valence-corrected chi connectivity index (χ2v) is 8.08. The Kier molecular flexibility index (Phi) is 17.6. The molecular formula is C20H34NaO6S+. The van der Waals surface area contributed by atoms with Crippen LogP contribution in [0, 0.1) is 0 Å². The van der Waals surface area contributed by atoms with E-state index >= 15 is 0 Å². The first-order chi connectivity index (χ1) is 13.0. The van der Waals surface area contributed by atoms with Gasteiger partial charge in [-0.3, -0.25) is 0 Å². The Morgan fingerprint density at radius 2 is 1.61 bits per heavy atom. The van der Waals surface area contributed by atoms with Gasteiger partial charge >= 0.3 is 29.6 Å². The quantitative estimate of drug-likeness (QED) is 0.152. The fourth-order valence-corrected chi connectivity index (χ4v) is 2.95. The van der Waals surface area contributed by atoms with Crippen LogP contribution in [0.4, 0.5) is 0 Å². The smallest absolute Gasteiger partial charge is 0.748 e. The van der Waals surface area contributed by atoms with Crippen molar-refractivity contribution in [1.29, 1.82) is 0 Å². The van der Waals surface area contributed by atoms with Crippen molar-refractivity contribution in [3.05, 3.63) is 29.8 Å². The summed E-state index contributed by atoms with van der Waals surface area (Å²) in [5.74, 6) is 0.376. The van der Waals surface area contributed by atoms with Crippen LogP contribution in [-0.2, 0) is 21.3 Å². The zero-order valence-corrected chi connectivity index (χ0v) is 20.2. The molecule has 0 saturated heterocycles. The van der Waals surface area contributed by atoms with Gasteiger partial charge in [-0.2, -0.15) is 0 Å². The first kappa shape index (κ1) is 27.8. The van der Waals surface area contributed by atoms with E-state index in [9.17, 15) is 13.0 Å². The van der Waals surface area contributed by atoms with Crippen molar-refractivity contribution in [1.82, 2.24) is 0 Å². The van der Waals surface area contributed by atoms with Crippen molar-refractivity contribution in [3.8, 4) is 5.75 Å². The number of aryl methyl sites for hydroxylation is 1. The van der Waals surface area contributed by atoms with Gasteiger partial charge in [0.05, 0.1) is 6.61 Å². The molecule has 0 fully saturated rings. The van der Waals surface area contributed by atoms with Crippen LogP contribution in [0.15, 0.2) is 24.3 Å². The maximum atomic E-state index is 10.4. The average Bonchev–Trinajstić information content (AvgIpc) is 2.63. The SMILES string of the molecule is CCCCCCCCc1ccc(OCCOCC[OH+]CCS(=O)(=O)[O-])cc1.[Na+]. The molecule has 1 aromatic rings. The minimum absolute atomic E-state index is 0. The largest absolute Gasteiger partial charge is 1.00 e. The van der Waals surface area contributed by atoms with E-state index in [-0.39, 0.29) is 36.2 Å². The summed E-state index contributed by atoms with van der Waals surface area (Å²) in [5.41, 5.74) is 1.34. The summed E-state index contributed by atoms with van der Waals surface area (Å²) in [6.45, 7) is 3.92. The van der Waals surface area contributed by atoms with Crippen molar-refractivity contribution in [2.75, 3.05) is 38.8 Å². The fourth-order valence-electron chi connectivity index (χ4n) is 2.60. The van der Waals surface area contributed by atoms with E-state index in [2.05, 4.69) is 23.8 Å².